The van der Waals surface area contributed by atoms with E-state index in [1.54, 1.807) is 0 Å². The molecular formula is C19H30N2O. The Bertz CT molecular complexity index is 479. The maximum Gasteiger partial charge on any atom is 0.0706 e. The Morgan fingerprint density at radius 3 is 2.55 bits per heavy atom. The van der Waals surface area contributed by atoms with Crippen molar-refractivity contribution in [2.75, 3.05) is 24.5 Å². The summed E-state index contributed by atoms with van der Waals surface area (Å²) in [6.07, 6.45) is 5.47. The number of benzene rings is 1. The van der Waals surface area contributed by atoms with E-state index in [1.165, 1.54) is 24.1 Å². The quantitative estimate of drug-likeness (QED) is 0.893. The van der Waals surface area contributed by atoms with E-state index in [4.69, 9.17) is 0 Å². The Morgan fingerprint density at radius 1 is 1.14 bits per heavy atom. The van der Waals surface area contributed by atoms with Gasteiger partial charge in [-0.2, -0.15) is 0 Å². The lowest BCUT2D eigenvalue weighted by Crippen LogP contribution is -2.53. The van der Waals surface area contributed by atoms with Gasteiger partial charge >= 0.3 is 0 Å². The number of nitrogens with one attached hydrogen (secondary N) is 1. The second-order valence-electron chi connectivity index (χ2n) is 6.90. The molecule has 3 nitrogen and oxygen atoms in total. The van der Waals surface area contributed by atoms with Gasteiger partial charge in [0.1, 0.15) is 0 Å². The van der Waals surface area contributed by atoms with E-state index >= 15 is 0 Å². The van der Waals surface area contributed by atoms with E-state index in [9.17, 15) is 5.11 Å². The van der Waals surface area contributed by atoms with Crippen molar-refractivity contribution in [2.45, 2.75) is 57.6 Å². The SMILES string of the molecule is CCN(CC)c1ccc([C@@H]2NCC[C@@]3(O)CCCC[C@@H]23)cc1. The molecule has 3 heteroatoms. The van der Waals surface area contributed by atoms with Crippen molar-refractivity contribution in [3.05, 3.63) is 29.8 Å². The molecule has 0 unspecified atom stereocenters. The van der Waals surface area contributed by atoms with Crippen LogP contribution in [0.5, 0.6) is 0 Å². The first-order chi connectivity index (χ1) is 10.7. The standard InChI is InChI=1S/C19H30N2O/c1-3-21(4-2)16-10-8-15(9-11-16)18-17-7-5-6-12-19(17,22)13-14-20-18/h8-11,17-18,20,22H,3-7,12-14H2,1-2H3/t17-,18-,19-/m0/s1. The lowest BCUT2D eigenvalue weighted by molar-refractivity contribution is -0.0861. The third-order valence-corrected chi connectivity index (χ3v) is 5.77. The largest absolute Gasteiger partial charge is 0.389 e. The lowest BCUT2D eigenvalue weighted by atomic mass is 9.67. The van der Waals surface area contributed by atoms with E-state index in [-0.39, 0.29) is 0 Å². The summed E-state index contributed by atoms with van der Waals surface area (Å²) < 4.78 is 0. The number of anilines is 1. The molecule has 1 heterocycles. The number of fused-ring (bicyclic) bond motifs is 1. The third kappa shape index (κ3) is 2.89. The normalized spacial score (nSPS) is 31.6. The van der Waals surface area contributed by atoms with Crippen LogP contribution in [0.25, 0.3) is 0 Å². The topological polar surface area (TPSA) is 35.5 Å². The number of aliphatic hydroxyl groups is 1. The molecule has 0 spiro atoms. The van der Waals surface area contributed by atoms with Gasteiger partial charge in [0.15, 0.2) is 0 Å². The molecule has 0 amide bonds. The van der Waals surface area contributed by atoms with Crippen LogP contribution in [0.3, 0.4) is 0 Å². The van der Waals surface area contributed by atoms with Gasteiger partial charge in [-0.05, 0) is 57.4 Å². The van der Waals surface area contributed by atoms with Crippen LogP contribution >= 0.6 is 0 Å². The molecule has 2 aliphatic rings. The van der Waals surface area contributed by atoms with E-state index in [1.807, 2.05) is 0 Å². The van der Waals surface area contributed by atoms with Gasteiger partial charge < -0.3 is 15.3 Å². The average Bonchev–Trinajstić information content (AvgIpc) is 2.55. The zero-order valence-electron chi connectivity index (χ0n) is 14.0. The summed E-state index contributed by atoms with van der Waals surface area (Å²) in [5, 5.41) is 14.7. The van der Waals surface area contributed by atoms with Crippen LogP contribution in [0.1, 0.15) is 57.6 Å². The van der Waals surface area contributed by atoms with E-state index in [0.717, 1.165) is 38.9 Å². The van der Waals surface area contributed by atoms with Crippen molar-refractivity contribution >= 4 is 5.69 Å². The van der Waals surface area contributed by atoms with Crippen LogP contribution < -0.4 is 10.2 Å². The number of rotatable bonds is 4. The number of hydrogen-bond donors (Lipinski definition) is 2. The van der Waals surface area contributed by atoms with Crippen molar-refractivity contribution in [3.8, 4) is 0 Å². The van der Waals surface area contributed by atoms with E-state index in [2.05, 4.69) is 48.3 Å². The highest BCUT2D eigenvalue weighted by molar-refractivity contribution is 5.48. The molecule has 1 saturated heterocycles. The minimum absolute atomic E-state index is 0.310. The highest BCUT2D eigenvalue weighted by atomic mass is 16.3. The van der Waals surface area contributed by atoms with E-state index in [0.29, 0.717) is 12.0 Å². The highest BCUT2D eigenvalue weighted by Crippen LogP contribution is 2.45. The van der Waals surface area contributed by atoms with Gasteiger partial charge in [-0.25, -0.2) is 0 Å². The van der Waals surface area contributed by atoms with Gasteiger partial charge in [0, 0.05) is 30.7 Å². The molecule has 1 aromatic carbocycles. The van der Waals surface area contributed by atoms with Crippen LogP contribution in [0, 0.1) is 5.92 Å². The Morgan fingerprint density at radius 2 is 1.86 bits per heavy atom. The summed E-state index contributed by atoms with van der Waals surface area (Å²) in [6, 6.07) is 9.29. The fourth-order valence-electron chi connectivity index (χ4n) is 4.45. The zero-order chi connectivity index (χ0) is 15.6. The van der Waals surface area contributed by atoms with Crippen LogP contribution in [0.15, 0.2) is 24.3 Å². The molecule has 2 N–H and O–H groups in total. The number of hydrogen-bond acceptors (Lipinski definition) is 3. The molecule has 0 aromatic heterocycles. The summed E-state index contributed by atoms with van der Waals surface area (Å²) in [6.45, 7) is 7.40. The fourth-order valence-corrected chi connectivity index (χ4v) is 4.45. The van der Waals surface area contributed by atoms with Crippen molar-refractivity contribution in [2.24, 2.45) is 5.92 Å². The smallest absolute Gasteiger partial charge is 0.0706 e. The molecule has 1 saturated carbocycles. The molecule has 0 radical (unpaired) electrons. The van der Waals surface area contributed by atoms with E-state index < -0.39 is 5.60 Å². The summed E-state index contributed by atoms with van der Waals surface area (Å²) >= 11 is 0. The molecule has 1 aromatic rings. The number of piperidine rings is 1. The first-order valence-corrected chi connectivity index (χ1v) is 8.98. The predicted octanol–water partition coefficient (Wildman–Crippen LogP) is 3.49. The number of nitrogens with zero attached hydrogens (tertiary/aromatic N) is 1. The van der Waals surface area contributed by atoms with Crippen LogP contribution in [-0.4, -0.2) is 30.3 Å². The molecule has 3 atom stereocenters. The summed E-state index contributed by atoms with van der Waals surface area (Å²) in [5.74, 6) is 0.370. The van der Waals surface area contributed by atoms with Crippen molar-refractivity contribution < 1.29 is 5.11 Å². The Balaban J connectivity index is 1.80. The molecule has 1 aliphatic carbocycles. The Hall–Kier alpha value is -1.06. The van der Waals surface area contributed by atoms with Gasteiger partial charge in [-0.15, -0.1) is 0 Å². The van der Waals surface area contributed by atoms with Crippen LogP contribution in [-0.2, 0) is 0 Å². The van der Waals surface area contributed by atoms with Crippen LogP contribution in [0.2, 0.25) is 0 Å². The second-order valence-corrected chi connectivity index (χ2v) is 6.90. The Labute approximate surface area is 134 Å². The minimum Gasteiger partial charge on any atom is -0.389 e. The van der Waals surface area contributed by atoms with Gasteiger partial charge in [0.25, 0.3) is 0 Å². The van der Waals surface area contributed by atoms with Crippen molar-refractivity contribution in [1.82, 2.24) is 5.32 Å². The van der Waals surface area contributed by atoms with Gasteiger partial charge in [-0.1, -0.05) is 25.0 Å². The zero-order valence-corrected chi connectivity index (χ0v) is 14.0. The molecule has 0 bridgehead atoms. The maximum absolute atomic E-state index is 11.0. The highest BCUT2D eigenvalue weighted by Gasteiger charge is 2.45. The van der Waals surface area contributed by atoms with Crippen molar-refractivity contribution in [1.29, 1.82) is 0 Å². The molecule has 2 fully saturated rings. The molecular weight excluding hydrogens is 272 g/mol. The molecule has 22 heavy (non-hydrogen) atoms. The first kappa shape index (κ1) is 15.8. The summed E-state index contributed by atoms with van der Waals surface area (Å²) in [5.41, 5.74) is 2.19. The molecule has 122 valence electrons. The summed E-state index contributed by atoms with van der Waals surface area (Å²) in [4.78, 5) is 2.37. The van der Waals surface area contributed by atoms with Crippen molar-refractivity contribution in [3.63, 3.8) is 0 Å². The van der Waals surface area contributed by atoms with Gasteiger partial charge in [0.2, 0.25) is 0 Å². The predicted molar refractivity (Wildman–Crippen MR) is 92.3 cm³/mol. The van der Waals surface area contributed by atoms with Gasteiger partial charge in [-0.3, -0.25) is 0 Å². The second kappa shape index (κ2) is 6.59. The monoisotopic (exact) mass is 302 g/mol. The minimum atomic E-state index is -0.439. The van der Waals surface area contributed by atoms with Crippen LogP contribution in [0.4, 0.5) is 5.69 Å². The molecule has 1 aliphatic heterocycles. The first-order valence-electron chi connectivity index (χ1n) is 8.98. The Kier molecular flexibility index (Phi) is 4.74. The summed E-state index contributed by atoms with van der Waals surface area (Å²) in [7, 11) is 0. The third-order valence-electron chi connectivity index (χ3n) is 5.77. The van der Waals surface area contributed by atoms with Gasteiger partial charge in [0.05, 0.1) is 5.60 Å². The lowest BCUT2D eigenvalue weighted by Gasteiger charge is -2.48. The average molecular weight is 302 g/mol. The molecule has 3 rings (SSSR count). The maximum atomic E-state index is 11.0. The fraction of sp³-hybridized carbons (Fsp3) is 0.684.